The van der Waals surface area contributed by atoms with Crippen LogP contribution in [-0.4, -0.2) is 33.4 Å². The van der Waals surface area contributed by atoms with E-state index in [0.717, 1.165) is 39.5 Å². The number of hydrogen-bond donors (Lipinski definition) is 1. The van der Waals surface area contributed by atoms with Crippen LogP contribution in [0.15, 0.2) is 4.47 Å². The second-order valence-electron chi connectivity index (χ2n) is 4.79. The fraction of sp³-hybridized carbons (Fsp3) is 0.500. The zero-order valence-corrected chi connectivity index (χ0v) is 14.6. The highest BCUT2D eigenvalue weighted by atomic mass is 79.9. The summed E-state index contributed by atoms with van der Waals surface area (Å²) in [7, 11) is 3.58. The molecule has 2 aromatic heterocycles. The van der Waals surface area contributed by atoms with Crippen molar-refractivity contribution in [3.05, 3.63) is 21.6 Å². The highest BCUT2D eigenvalue weighted by molar-refractivity contribution is 9.10. The number of aromatic nitrogens is 4. The van der Waals surface area contributed by atoms with Crippen molar-refractivity contribution in [2.24, 2.45) is 7.05 Å². The number of nitrogens with zero attached hydrogens (tertiary/aromatic N) is 4. The Morgan fingerprint density at radius 2 is 2.00 bits per heavy atom. The van der Waals surface area contributed by atoms with Gasteiger partial charge in [-0.25, -0.2) is 9.97 Å². The molecular formula is C14H20BrN5O. The lowest BCUT2D eigenvalue weighted by atomic mass is 10.2. The molecule has 0 atom stereocenters. The largest absolute Gasteiger partial charge is 0.378 e. The summed E-state index contributed by atoms with van der Waals surface area (Å²) in [6.07, 6.45) is 0. The standard InChI is InChI=1S/C14H20BrN5O/c1-6-16-14-12(15)10(7-21-5)17-13(18-14)11-8(2)19-20(4)9(11)3/h6-7H2,1-5H3,(H,16,17,18). The van der Waals surface area contributed by atoms with Gasteiger partial charge in [0.15, 0.2) is 5.82 Å². The Bertz CT molecular complexity index is 626. The Morgan fingerprint density at radius 1 is 1.29 bits per heavy atom. The molecule has 0 fully saturated rings. The number of ether oxygens (including phenoxy) is 1. The van der Waals surface area contributed by atoms with Crippen molar-refractivity contribution < 1.29 is 4.74 Å². The predicted molar refractivity (Wildman–Crippen MR) is 86.3 cm³/mol. The van der Waals surface area contributed by atoms with Gasteiger partial charge >= 0.3 is 0 Å². The zero-order chi connectivity index (χ0) is 15.6. The molecule has 114 valence electrons. The fourth-order valence-electron chi connectivity index (χ4n) is 2.22. The SMILES string of the molecule is CCNc1nc(-c2c(C)nn(C)c2C)nc(COC)c1Br. The van der Waals surface area contributed by atoms with Crippen LogP contribution < -0.4 is 5.32 Å². The summed E-state index contributed by atoms with van der Waals surface area (Å²) in [5.41, 5.74) is 3.76. The van der Waals surface area contributed by atoms with Gasteiger partial charge in [-0.05, 0) is 36.7 Å². The van der Waals surface area contributed by atoms with Crippen molar-refractivity contribution in [2.75, 3.05) is 19.0 Å². The Hall–Kier alpha value is -1.47. The van der Waals surface area contributed by atoms with Crippen molar-refractivity contribution in [3.63, 3.8) is 0 Å². The number of aryl methyl sites for hydroxylation is 2. The van der Waals surface area contributed by atoms with E-state index in [4.69, 9.17) is 4.74 Å². The lowest BCUT2D eigenvalue weighted by Crippen LogP contribution is -2.07. The van der Waals surface area contributed by atoms with Crippen LogP contribution in [0.4, 0.5) is 5.82 Å². The van der Waals surface area contributed by atoms with E-state index in [-0.39, 0.29) is 0 Å². The second-order valence-corrected chi connectivity index (χ2v) is 5.58. The minimum atomic E-state index is 0.423. The van der Waals surface area contributed by atoms with Crippen LogP contribution in [0.5, 0.6) is 0 Å². The molecule has 0 unspecified atom stereocenters. The summed E-state index contributed by atoms with van der Waals surface area (Å²) < 4.78 is 7.92. The van der Waals surface area contributed by atoms with E-state index in [9.17, 15) is 0 Å². The summed E-state index contributed by atoms with van der Waals surface area (Å²) in [5, 5.41) is 7.68. The van der Waals surface area contributed by atoms with Gasteiger partial charge in [-0.2, -0.15) is 5.10 Å². The van der Waals surface area contributed by atoms with Crippen molar-refractivity contribution in [3.8, 4) is 11.4 Å². The molecule has 0 amide bonds. The van der Waals surface area contributed by atoms with Crippen molar-refractivity contribution in [1.82, 2.24) is 19.7 Å². The first kappa shape index (κ1) is 15.9. The predicted octanol–water partition coefficient (Wildman–Crippen LogP) is 2.83. The molecule has 0 bridgehead atoms. The van der Waals surface area contributed by atoms with Gasteiger partial charge in [0.05, 0.1) is 28.0 Å². The summed E-state index contributed by atoms with van der Waals surface area (Å²) in [4.78, 5) is 9.27. The Balaban J connectivity index is 2.62. The molecule has 6 nitrogen and oxygen atoms in total. The zero-order valence-electron chi connectivity index (χ0n) is 13.0. The molecule has 0 radical (unpaired) electrons. The quantitative estimate of drug-likeness (QED) is 0.895. The minimum Gasteiger partial charge on any atom is -0.378 e. The smallest absolute Gasteiger partial charge is 0.165 e. The molecule has 0 aliphatic heterocycles. The number of hydrogen-bond acceptors (Lipinski definition) is 5. The molecule has 2 rings (SSSR count). The van der Waals surface area contributed by atoms with Crippen LogP contribution in [-0.2, 0) is 18.4 Å². The van der Waals surface area contributed by atoms with E-state index >= 15 is 0 Å². The van der Waals surface area contributed by atoms with E-state index < -0.39 is 0 Å². The number of rotatable bonds is 5. The molecule has 0 aliphatic carbocycles. The van der Waals surface area contributed by atoms with E-state index in [1.54, 1.807) is 7.11 Å². The normalized spacial score (nSPS) is 11.0. The molecule has 0 saturated carbocycles. The van der Waals surface area contributed by atoms with E-state index in [2.05, 4.69) is 36.3 Å². The average molecular weight is 354 g/mol. The van der Waals surface area contributed by atoms with Crippen molar-refractivity contribution in [1.29, 1.82) is 0 Å². The van der Waals surface area contributed by atoms with Crippen molar-refractivity contribution in [2.45, 2.75) is 27.4 Å². The molecule has 0 spiro atoms. The maximum atomic E-state index is 5.23. The maximum absolute atomic E-state index is 5.23. The van der Waals surface area contributed by atoms with E-state index in [0.29, 0.717) is 12.4 Å². The van der Waals surface area contributed by atoms with Gasteiger partial charge in [0, 0.05) is 26.4 Å². The molecular weight excluding hydrogens is 334 g/mol. The fourth-order valence-corrected chi connectivity index (χ4v) is 2.65. The van der Waals surface area contributed by atoms with Crippen LogP contribution in [0.1, 0.15) is 24.0 Å². The number of methoxy groups -OCH3 is 1. The summed E-state index contributed by atoms with van der Waals surface area (Å²) in [6.45, 7) is 7.23. The third-order valence-corrected chi connectivity index (χ3v) is 4.11. The van der Waals surface area contributed by atoms with Gasteiger partial charge in [-0.3, -0.25) is 4.68 Å². The van der Waals surface area contributed by atoms with Gasteiger partial charge in [0.2, 0.25) is 0 Å². The van der Waals surface area contributed by atoms with E-state index in [1.807, 2.05) is 32.5 Å². The van der Waals surface area contributed by atoms with Gasteiger partial charge in [0.25, 0.3) is 0 Å². The summed E-state index contributed by atoms with van der Waals surface area (Å²) >= 11 is 3.54. The van der Waals surface area contributed by atoms with Crippen LogP contribution in [0.2, 0.25) is 0 Å². The lowest BCUT2D eigenvalue weighted by molar-refractivity contribution is 0.181. The van der Waals surface area contributed by atoms with Gasteiger partial charge in [0.1, 0.15) is 5.82 Å². The monoisotopic (exact) mass is 353 g/mol. The highest BCUT2D eigenvalue weighted by Crippen LogP contribution is 2.30. The molecule has 0 aliphatic rings. The topological polar surface area (TPSA) is 64.9 Å². The number of anilines is 1. The second kappa shape index (κ2) is 6.53. The van der Waals surface area contributed by atoms with Gasteiger partial charge in [-0.15, -0.1) is 0 Å². The summed E-state index contributed by atoms with van der Waals surface area (Å²) in [6, 6.07) is 0. The lowest BCUT2D eigenvalue weighted by Gasteiger charge is -2.12. The molecule has 7 heteroatoms. The first-order valence-corrected chi connectivity index (χ1v) is 7.58. The highest BCUT2D eigenvalue weighted by Gasteiger charge is 2.18. The molecule has 2 heterocycles. The summed E-state index contributed by atoms with van der Waals surface area (Å²) in [5.74, 6) is 1.45. The number of halogens is 1. The van der Waals surface area contributed by atoms with Crippen LogP contribution in [0.3, 0.4) is 0 Å². The molecule has 0 saturated heterocycles. The van der Waals surface area contributed by atoms with E-state index in [1.165, 1.54) is 0 Å². The molecule has 0 aromatic carbocycles. The number of nitrogens with one attached hydrogen (secondary N) is 1. The third kappa shape index (κ3) is 3.08. The van der Waals surface area contributed by atoms with Crippen LogP contribution in [0, 0.1) is 13.8 Å². The maximum Gasteiger partial charge on any atom is 0.165 e. The Kier molecular flexibility index (Phi) is 4.95. The Morgan fingerprint density at radius 3 is 2.52 bits per heavy atom. The minimum absolute atomic E-state index is 0.423. The molecule has 21 heavy (non-hydrogen) atoms. The average Bonchev–Trinajstić information content (AvgIpc) is 2.68. The van der Waals surface area contributed by atoms with Crippen molar-refractivity contribution >= 4 is 21.7 Å². The molecule has 1 N–H and O–H groups in total. The first-order chi connectivity index (χ1) is 9.99. The first-order valence-electron chi connectivity index (χ1n) is 6.79. The third-order valence-electron chi connectivity index (χ3n) is 3.28. The van der Waals surface area contributed by atoms with Crippen LogP contribution in [0.25, 0.3) is 11.4 Å². The van der Waals surface area contributed by atoms with Gasteiger partial charge < -0.3 is 10.1 Å². The Labute approximate surface area is 133 Å². The molecule has 2 aromatic rings. The van der Waals surface area contributed by atoms with Crippen LogP contribution >= 0.6 is 15.9 Å². The van der Waals surface area contributed by atoms with Gasteiger partial charge in [-0.1, -0.05) is 0 Å².